The van der Waals surface area contributed by atoms with Crippen molar-refractivity contribution in [2.45, 2.75) is 12.7 Å². The van der Waals surface area contributed by atoms with Gasteiger partial charge >= 0.3 is 12.2 Å². The van der Waals surface area contributed by atoms with Crippen LogP contribution in [0.4, 0.5) is 18.0 Å². The molecule has 0 saturated heterocycles. The minimum atomic E-state index is -4.49. The molecule has 19 heavy (non-hydrogen) atoms. The smallest absolute Gasteiger partial charge is 0.405 e. The number of urea groups is 1. The third-order valence-electron chi connectivity index (χ3n) is 1.90. The lowest BCUT2D eigenvalue weighted by atomic mass is 10.4. The SMILES string of the molecule is O=C(CNC(=O)NCC(F)(F)F)NCc1ccco1. The molecular weight excluding hydrogens is 267 g/mol. The Bertz CT molecular complexity index is 417. The fourth-order valence-corrected chi connectivity index (χ4v) is 1.06. The number of carbonyl (C=O) groups is 2. The van der Waals surface area contributed by atoms with Crippen LogP contribution in [0.2, 0.25) is 0 Å². The highest BCUT2D eigenvalue weighted by atomic mass is 19.4. The molecule has 0 fully saturated rings. The van der Waals surface area contributed by atoms with Crippen molar-refractivity contribution < 1.29 is 27.2 Å². The van der Waals surface area contributed by atoms with Gasteiger partial charge in [-0.2, -0.15) is 13.2 Å². The van der Waals surface area contributed by atoms with E-state index in [-0.39, 0.29) is 6.54 Å². The summed E-state index contributed by atoms with van der Waals surface area (Å²) in [6.45, 7) is -1.74. The molecule has 1 aromatic rings. The summed E-state index contributed by atoms with van der Waals surface area (Å²) >= 11 is 0. The number of alkyl halides is 3. The molecule has 0 bridgehead atoms. The zero-order chi connectivity index (χ0) is 14.3. The van der Waals surface area contributed by atoms with Gasteiger partial charge in [-0.3, -0.25) is 4.79 Å². The van der Waals surface area contributed by atoms with Crippen LogP contribution in [0.3, 0.4) is 0 Å². The van der Waals surface area contributed by atoms with Crippen LogP contribution in [0, 0.1) is 0 Å². The van der Waals surface area contributed by atoms with E-state index in [0.29, 0.717) is 5.76 Å². The summed E-state index contributed by atoms with van der Waals surface area (Å²) < 4.78 is 40.2. The molecule has 0 saturated carbocycles. The molecule has 0 spiro atoms. The van der Waals surface area contributed by atoms with Gasteiger partial charge in [0.05, 0.1) is 19.4 Å². The van der Waals surface area contributed by atoms with Crippen molar-refractivity contribution >= 4 is 11.9 Å². The molecule has 1 aromatic heterocycles. The molecular formula is C10H12F3N3O3. The Labute approximate surface area is 106 Å². The maximum Gasteiger partial charge on any atom is 0.405 e. The van der Waals surface area contributed by atoms with Gasteiger partial charge in [0, 0.05) is 0 Å². The monoisotopic (exact) mass is 279 g/mol. The topological polar surface area (TPSA) is 83.4 Å². The number of carbonyl (C=O) groups excluding carboxylic acids is 2. The highest BCUT2D eigenvalue weighted by Gasteiger charge is 2.27. The van der Waals surface area contributed by atoms with Crippen LogP contribution in [0.15, 0.2) is 22.8 Å². The Morgan fingerprint density at radius 3 is 2.53 bits per heavy atom. The second kappa shape index (κ2) is 6.66. The van der Waals surface area contributed by atoms with Crippen LogP contribution in [0.1, 0.15) is 5.76 Å². The summed E-state index contributed by atoms with van der Waals surface area (Å²) in [6.07, 6.45) is -3.05. The number of hydrogen-bond acceptors (Lipinski definition) is 3. The van der Waals surface area contributed by atoms with E-state index in [1.807, 2.05) is 5.32 Å². The maximum absolute atomic E-state index is 11.8. The first kappa shape index (κ1) is 14.9. The normalized spacial score (nSPS) is 10.9. The van der Waals surface area contributed by atoms with Gasteiger partial charge in [-0.1, -0.05) is 0 Å². The van der Waals surface area contributed by atoms with Crippen molar-refractivity contribution in [2.24, 2.45) is 0 Å². The Kier molecular flexibility index (Phi) is 5.22. The molecule has 3 amide bonds. The standard InChI is InChI=1S/C10H12F3N3O3/c11-10(12,13)6-16-9(18)15-5-8(17)14-4-7-2-1-3-19-7/h1-3H,4-6H2,(H,14,17)(H2,15,16,18). The highest BCUT2D eigenvalue weighted by molar-refractivity contribution is 5.83. The maximum atomic E-state index is 11.8. The van der Waals surface area contributed by atoms with Gasteiger partial charge in [-0.05, 0) is 12.1 Å². The molecule has 0 aliphatic heterocycles. The van der Waals surface area contributed by atoms with Gasteiger partial charge in [-0.25, -0.2) is 4.79 Å². The first-order valence-corrected chi connectivity index (χ1v) is 5.24. The van der Waals surface area contributed by atoms with Gasteiger partial charge in [0.15, 0.2) is 0 Å². The molecule has 1 heterocycles. The van der Waals surface area contributed by atoms with Crippen molar-refractivity contribution in [1.82, 2.24) is 16.0 Å². The van der Waals surface area contributed by atoms with Gasteiger partial charge in [0.1, 0.15) is 12.3 Å². The van der Waals surface area contributed by atoms with Crippen LogP contribution in [0.5, 0.6) is 0 Å². The van der Waals surface area contributed by atoms with E-state index >= 15 is 0 Å². The molecule has 0 aromatic carbocycles. The van der Waals surface area contributed by atoms with E-state index in [0.717, 1.165) is 0 Å². The highest BCUT2D eigenvalue weighted by Crippen LogP contribution is 2.11. The predicted octanol–water partition coefficient (Wildman–Crippen LogP) is 0.757. The summed E-state index contributed by atoms with van der Waals surface area (Å²) in [5, 5.41) is 5.98. The molecule has 0 radical (unpaired) electrons. The van der Waals surface area contributed by atoms with E-state index in [4.69, 9.17) is 4.42 Å². The lowest BCUT2D eigenvalue weighted by molar-refractivity contribution is -0.122. The Hall–Kier alpha value is -2.19. The summed E-state index contributed by atoms with van der Waals surface area (Å²) in [5.41, 5.74) is 0. The molecule has 0 aliphatic rings. The Balaban J connectivity index is 2.14. The van der Waals surface area contributed by atoms with Gasteiger partial charge in [0.2, 0.25) is 5.91 Å². The van der Waals surface area contributed by atoms with Crippen LogP contribution >= 0.6 is 0 Å². The zero-order valence-electron chi connectivity index (χ0n) is 9.71. The number of nitrogens with one attached hydrogen (secondary N) is 3. The average Bonchev–Trinajstić information content (AvgIpc) is 2.83. The average molecular weight is 279 g/mol. The number of halogens is 3. The molecule has 0 unspecified atom stereocenters. The van der Waals surface area contributed by atoms with Crippen LogP contribution in [-0.2, 0) is 11.3 Å². The molecule has 3 N–H and O–H groups in total. The summed E-state index contributed by atoms with van der Waals surface area (Å²) in [6, 6.07) is 2.22. The largest absolute Gasteiger partial charge is 0.467 e. The minimum Gasteiger partial charge on any atom is -0.467 e. The summed E-state index contributed by atoms with van der Waals surface area (Å²) in [4.78, 5) is 22.1. The van der Waals surface area contributed by atoms with Gasteiger partial charge in [0.25, 0.3) is 0 Å². The first-order chi connectivity index (χ1) is 8.87. The van der Waals surface area contributed by atoms with Crippen molar-refractivity contribution in [1.29, 1.82) is 0 Å². The molecule has 0 atom stereocenters. The zero-order valence-corrected chi connectivity index (χ0v) is 9.71. The lowest BCUT2D eigenvalue weighted by Gasteiger charge is -2.09. The fraction of sp³-hybridized carbons (Fsp3) is 0.400. The molecule has 1 rings (SSSR count). The molecule has 106 valence electrons. The summed E-state index contributed by atoms with van der Waals surface area (Å²) in [5.74, 6) is -0.0200. The Morgan fingerprint density at radius 2 is 1.95 bits per heavy atom. The van der Waals surface area contributed by atoms with Crippen molar-refractivity contribution in [3.8, 4) is 0 Å². The number of furan rings is 1. The third kappa shape index (κ3) is 6.96. The second-order valence-corrected chi connectivity index (χ2v) is 3.51. The predicted molar refractivity (Wildman–Crippen MR) is 58.0 cm³/mol. The number of rotatable bonds is 5. The van der Waals surface area contributed by atoms with Crippen LogP contribution in [-0.4, -0.2) is 31.2 Å². The van der Waals surface area contributed by atoms with Crippen molar-refractivity contribution in [3.63, 3.8) is 0 Å². The quantitative estimate of drug-likeness (QED) is 0.744. The Morgan fingerprint density at radius 1 is 1.21 bits per heavy atom. The first-order valence-electron chi connectivity index (χ1n) is 5.24. The fourth-order valence-electron chi connectivity index (χ4n) is 1.06. The third-order valence-corrected chi connectivity index (χ3v) is 1.90. The second-order valence-electron chi connectivity index (χ2n) is 3.51. The van der Waals surface area contributed by atoms with Gasteiger partial charge in [-0.15, -0.1) is 0 Å². The van der Waals surface area contributed by atoms with E-state index in [9.17, 15) is 22.8 Å². The molecule has 6 nitrogen and oxygen atoms in total. The van der Waals surface area contributed by atoms with Crippen LogP contribution in [0.25, 0.3) is 0 Å². The lowest BCUT2D eigenvalue weighted by Crippen LogP contribution is -2.44. The molecule has 9 heteroatoms. The van der Waals surface area contributed by atoms with Crippen molar-refractivity contribution in [3.05, 3.63) is 24.2 Å². The van der Waals surface area contributed by atoms with E-state index < -0.39 is 31.2 Å². The molecule has 0 aliphatic carbocycles. The van der Waals surface area contributed by atoms with Crippen LogP contribution < -0.4 is 16.0 Å². The summed E-state index contributed by atoms with van der Waals surface area (Å²) in [7, 11) is 0. The van der Waals surface area contributed by atoms with Gasteiger partial charge < -0.3 is 20.4 Å². The minimum absolute atomic E-state index is 0.137. The van der Waals surface area contributed by atoms with E-state index in [1.165, 1.54) is 6.26 Å². The number of hydrogen-bond donors (Lipinski definition) is 3. The van der Waals surface area contributed by atoms with Crippen molar-refractivity contribution in [2.75, 3.05) is 13.1 Å². The number of amides is 3. The van der Waals surface area contributed by atoms with E-state index in [2.05, 4.69) is 5.32 Å². The van der Waals surface area contributed by atoms with E-state index in [1.54, 1.807) is 17.4 Å².